The van der Waals surface area contributed by atoms with E-state index in [9.17, 15) is 14.4 Å². The van der Waals surface area contributed by atoms with Crippen LogP contribution >= 0.6 is 0 Å². The Morgan fingerprint density at radius 1 is 1.12 bits per heavy atom. The van der Waals surface area contributed by atoms with Crippen molar-refractivity contribution in [2.24, 2.45) is 11.7 Å². The molecule has 1 saturated heterocycles. The fourth-order valence-corrected chi connectivity index (χ4v) is 3.79. The molecule has 1 heterocycles. The largest absolute Gasteiger partial charge is 0.368 e. The average molecular weight is 329 g/mol. The fraction of sp³-hybridized carbons (Fsp3) is 0.500. The summed E-state index contributed by atoms with van der Waals surface area (Å²) in [5.74, 6) is -0.920. The predicted octanol–water partition coefficient (Wildman–Crippen LogP) is 1.88. The summed E-state index contributed by atoms with van der Waals surface area (Å²) in [6.07, 6.45) is 4.83. The fourth-order valence-electron chi connectivity index (χ4n) is 3.79. The van der Waals surface area contributed by atoms with E-state index in [1.54, 1.807) is 0 Å². The number of nitrogens with two attached hydrogens (primary N) is 1. The topological polar surface area (TPSA) is 83.7 Å². The van der Waals surface area contributed by atoms with Crippen LogP contribution in [0, 0.1) is 5.92 Å². The highest BCUT2D eigenvalue weighted by Gasteiger charge is 2.45. The van der Waals surface area contributed by atoms with Crippen molar-refractivity contribution in [3.63, 3.8) is 0 Å². The van der Waals surface area contributed by atoms with Crippen LogP contribution in [0.1, 0.15) is 37.7 Å². The van der Waals surface area contributed by atoms with E-state index in [0.29, 0.717) is 6.54 Å². The molecule has 2 N–H and O–H groups in total. The molecule has 1 aliphatic carbocycles. The van der Waals surface area contributed by atoms with Gasteiger partial charge in [0.25, 0.3) is 5.91 Å². The Hall–Kier alpha value is -2.37. The van der Waals surface area contributed by atoms with E-state index in [2.05, 4.69) is 0 Å². The van der Waals surface area contributed by atoms with Gasteiger partial charge in [-0.2, -0.15) is 0 Å². The molecule has 1 atom stereocenters. The number of hydrogen-bond donors (Lipinski definition) is 1. The number of primary amides is 1. The van der Waals surface area contributed by atoms with Crippen molar-refractivity contribution in [3.8, 4) is 0 Å². The molecule has 3 rings (SSSR count). The van der Waals surface area contributed by atoms with Gasteiger partial charge >= 0.3 is 6.03 Å². The minimum atomic E-state index is -0.814. The second-order valence-corrected chi connectivity index (χ2v) is 6.63. The number of hydrogen-bond acceptors (Lipinski definition) is 3. The summed E-state index contributed by atoms with van der Waals surface area (Å²) in [5, 5.41) is 0. The van der Waals surface area contributed by atoms with Crippen molar-refractivity contribution in [2.45, 2.75) is 44.7 Å². The number of amides is 4. The highest BCUT2D eigenvalue weighted by Crippen LogP contribution is 2.31. The Kier molecular flexibility index (Phi) is 4.83. The third-order valence-corrected chi connectivity index (χ3v) is 4.95. The second kappa shape index (κ2) is 7.03. The first-order valence-electron chi connectivity index (χ1n) is 8.52. The van der Waals surface area contributed by atoms with Gasteiger partial charge < -0.3 is 10.6 Å². The lowest BCUT2D eigenvalue weighted by Gasteiger charge is -2.33. The van der Waals surface area contributed by atoms with Gasteiger partial charge in [-0.15, -0.1) is 0 Å². The number of carbonyl (C=O) groups is 3. The van der Waals surface area contributed by atoms with Crippen molar-refractivity contribution in [1.29, 1.82) is 0 Å². The number of urea groups is 1. The normalized spacial score (nSPS) is 20.5. The zero-order valence-corrected chi connectivity index (χ0v) is 13.7. The molecule has 6 nitrogen and oxygen atoms in total. The molecule has 0 spiro atoms. The molecule has 24 heavy (non-hydrogen) atoms. The monoisotopic (exact) mass is 329 g/mol. The lowest BCUT2D eigenvalue weighted by atomic mass is 9.83. The van der Waals surface area contributed by atoms with Gasteiger partial charge in [0, 0.05) is 6.54 Å². The Labute approximate surface area is 141 Å². The first-order valence-corrected chi connectivity index (χ1v) is 8.52. The molecule has 1 aromatic rings. The molecule has 128 valence electrons. The van der Waals surface area contributed by atoms with Crippen molar-refractivity contribution >= 4 is 17.8 Å². The van der Waals surface area contributed by atoms with E-state index in [1.807, 2.05) is 30.3 Å². The Morgan fingerprint density at radius 3 is 2.42 bits per heavy atom. The van der Waals surface area contributed by atoms with Crippen LogP contribution in [0.3, 0.4) is 0 Å². The van der Waals surface area contributed by atoms with E-state index < -0.39 is 18.0 Å². The van der Waals surface area contributed by atoms with Crippen LogP contribution < -0.4 is 5.73 Å². The van der Waals surface area contributed by atoms with E-state index in [1.165, 1.54) is 4.90 Å². The molecule has 1 aromatic carbocycles. The number of benzene rings is 1. The Morgan fingerprint density at radius 2 is 1.79 bits per heavy atom. The van der Waals surface area contributed by atoms with Crippen molar-refractivity contribution in [1.82, 2.24) is 9.80 Å². The third kappa shape index (κ3) is 3.27. The summed E-state index contributed by atoms with van der Waals surface area (Å²) in [7, 11) is 0. The van der Waals surface area contributed by atoms with Crippen LogP contribution in [0.25, 0.3) is 0 Å². The van der Waals surface area contributed by atoms with Crippen LogP contribution in [0.5, 0.6) is 0 Å². The van der Waals surface area contributed by atoms with Crippen LogP contribution in [0.2, 0.25) is 0 Å². The van der Waals surface area contributed by atoms with Gasteiger partial charge in [-0.05, 0) is 24.3 Å². The zero-order chi connectivity index (χ0) is 17.1. The zero-order valence-electron chi connectivity index (χ0n) is 13.7. The first kappa shape index (κ1) is 16.5. The lowest BCUT2D eigenvalue weighted by molar-refractivity contribution is -0.135. The van der Waals surface area contributed by atoms with Gasteiger partial charge in [-0.25, -0.2) is 9.69 Å². The number of rotatable bonds is 5. The van der Waals surface area contributed by atoms with Gasteiger partial charge in [0.2, 0.25) is 5.91 Å². The smallest absolute Gasteiger partial charge is 0.328 e. The Balaban J connectivity index is 1.77. The quantitative estimate of drug-likeness (QED) is 0.837. The molecule has 1 saturated carbocycles. The molecule has 2 fully saturated rings. The van der Waals surface area contributed by atoms with Gasteiger partial charge in [-0.3, -0.25) is 9.59 Å². The molecule has 0 aromatic heterocycles. The predicted molar refractivity (Wildman–Crippen MR) is 88.7 cm³/mol. The maximum absolute atomic E-state index is 12.7. The molecular weight excluding hydrogens is 306 g/mol. The van der Waals surface area contributed by atoms with E-state index in [0.717, 1.165) is 42.6 Å². The number of imide groups is 1. The summed E-state index contributed by atoms with van der Waals surface area (Å²) in [6, 6.07) is 8.29. The summed E-state index contributed by atoms with van der Waals surface area (Å²) in [6.45, 7) is 0.363. The SMILES string of the molecule is NC(=O)C(C1CCCCC1)N1C(=O)CN(Cc2ccccc2)C1=O. The minimum Gasteiger partial charge on any atom is -0.368 e. The molecule has 6 heteroatoms. The molecule has 1 aliphatic heterocycles. The summed E-state index contributed by atoms with van der Waals surface area (Å²) in [4.78, 5) is 39.8. The summed E-state index contributed by atoms with van der Waals surface area (Å²) in [5.41, 5.74) is 6.52. The average Bonchev–Trinajstić information content (AvgIpc) is 2.85. The second-order valence-electron chi connectivity index (χ2n) is 6.63. The Bertz CT molecular complexity index is 626. The summed E-state index contributed by atoms with van der Waals surface area (Å²) >= 11 is 0. The van der Waals surface area contributed by atoms with Crippen molar-refractivity contribution in [3.05, 3.63) is 35.9 Å². The first-order chi connectivity index (χ1) is 11.6. The van der Waals surface area contributed by atoms with Gasteiger partial charge in [0.15, 0.2) is 0 Å². The molecule has 0 bridgehead atoms. The van der Waals surface area contributed by atoms with Crippen LogP contribution in [-0.2, 0) is 16.1 Å². The molecule has 4 amide bonds. The van der Waals surface area contributed by atoms with Crippen molar-refractivity contribution in [2.75, 3.05) is 6.54 Å². The highest BCUT2D eigenvalue weighted by atomic mass is 16.2. The summed E-state index contributed by atoms with van der Waals surface area (Å²) < 4.78 is 0. The van der Waals surface area contributed by atoms with Gasteiger partial charge in [0.05, 0.1) is 0 Å². The van der Waals surface area contributed by atoms with Gasteiger partial charge in [-0.1, -0.05) is 49.6 Å². The van der Waals surface area contributed by atoms with Gasteiger partial charge in [0.1, 0.15) is 12.6 Å². The van der Waals surface area contributed by atoms with E-state index in [-0.39, 0.29) is 18.4 Å². The van der Waals surface area contributed by atoms with E-state index in [4.69, 9.17) is 5.73 Å². The van der Waals surface area contributed by atoms with Crippen LogP contribution in [0.4, 0.5) is 4.79 Å². The molecule has 0 radical (unpaired) electrons. The number of nitrogens with zero attached hydrogens (tertiary/aromatic N) is 2. The lowest BCUT2D eigenvalue weighted by Crippen LogP contribution is -2.52. The van der Waals surface area contributed by atoms with E-state index >= 15 is 0 Å². The highest BCUT2D eigenvalue weighted by molar-refractivity contribution is 6.05. The molecule has 1 unspecified atom stereocenters. The standard InChI is InChI=1S/C18H23N3O3/c19-17(23)16(14-9-5-2-6-10-14)21-15(22)12-20(18(21)24)11-13-7-3-1-4-8-13/h1,3-4,7-8,14,16H,2,5-6,9-12H2,(H2,19,23). The maximum atomic E-state index is 12.7. The maximum Gasteiger partial charge on any atom is 0.328 e. The molecule has 2 aliphatic rings. The van der Waals surface area contributed by atoms with Crippen LogP contribution in [0.15, 0.2) is 30.3 Å². The number of carbonyl (C=O) groups excluding carboxylic acids is 3. The van der Waals surface area contributed by atoms with Crippen molar-refractivity contribution < 1.29 is 14.4 Å². The minimum absolute atomic E-state index is 0.00419. The third-order valence-electron chi connectivity index (χ3n) is 4.95. The van der Waals surface area contributed by atoms with Crippen LogP contribution in [-0.4, -0.2) is 40.2 Å². The molecular formula is C18H23N3O3.